The van der Waals surface area contributed by atoms with Crippen LogP contribution in [0.3, 0.4) is 0 Å². The maximum Gasteiger partial charge on any atom is 0.0981 e. The average molecular weight is 181 g/mol. The van der Waals surface area contributed by atoms with Gasteiger partial charge in [-0.15, -0.1) is 5.23 Å². The zero-order valence-corrected chi connectivity index (χ0v) is 7.10. The van der Waals surface area contributed by atoms with Crippen molar-refractivity contribution >= 4 is 5.69 Å². The van der Waals surface area contributed by atoms with Crippen LogP contribution in [-0.2, 0) is 17.9 Å². The summed E-state index contributed by atoms with van der Waals surface area (Å²) in [6.45, 7) is 0.442. The molecule has 0 aliphatic carbocycles. The molecule has 0 saturated carbocycles. The molecule has 0 radical (unpaired) electrons. The molecule has 0 aromatic heterocycles. The second kappa shape index (κ2) is 3.33. The normalized spacial score (nSPS) is 15.7. The standard InChI is InChI=1S/C9H11NO3/c11-6-7-2-1-3-9-8(7)4-5-13-10(9)12/h1-3,11-12H,4-6H2. The first-order valence-electron chi connectivity index (χ1n) is 4.16. The number of aliphatic hydroxyl groups is 1. The van der Waals surface area contributed by atoms with Crippen LogP contribution in [0.25, 0.3) is 0 Å². The summed E-state index contributed by atoms with van der Waals surface area (Å²) in [5.74, 6) is 0. The van der Waals surface area contributed by atoms with Gasteiger partial charge in [-0.2, -0.15) is 0 Å². The van der Waals surface area contributed by atoms with E-state index in [1.165, 1.54) is 0 Å². The number of fused-ring (bicyclic) bond motifs is 1. The van der Waals surface area contributed by atoms with Gasteiger partial charge in [-0.25, -0.2) is 4.84 Å². The topological polar surface area (TPSA) is 52.9 Å². The summed E-state index contributed by atoms with van der Waals surface area (Å²) in [6.07, 6.45) is 0.725. The molecular formula is C9H11NO3. The minimum absolute atomic E-state index is 0.00296. The van der Waals surface area contributed by atoms with Gasteiger partial charge in [0.1, 0.15) is 0 Å². The van der Waals surface area contributed by atoms with E-state index in [1.807, 2.05) is 6.07 Å². The fourth-order valence-corrected chi connectivity index (χ4v) is 1.54. The van der Waals surface area contributed by atoms with Crippen LogP contribution >= 0.6 is 0 Å². The molecule has 0 saturated heterocycles. The highest BCUT2D eigenvalue weighted by atomic mass is 16.9. The molecule has 2 N–H and O–H groups in total. The Balaban J connectivity index is 2.48. The van der Waals surface area contributed by atoms with Crippen LogP contribution in [0.4, 0.5) is 5.69 Å². The summed E-state index contributed by atoms with van der Waals surface area (Å²) in [5, 5.41) is 19.1. The SMILES string of the molecule is OCc1cccc2c1CCON2O. The summed E-state index contributed by atoms with van der Waals surface area (Å²) in [5.41, 5.74) is 2.43. The van der Waals surface area contributed by atoms with Crippen LogP contribution in [0.5, 0.6) is 0 Å². The number of rotatable bonds is 1. The first kappa shape index (κ1) is 8.50. The van der Waals surface area contributed by atoms with Gasteiger partial charge < -0.3 is 5.11 Å². The summed E-state index contributed by atoms with van der Waals surface area (Å²) in [4.78, 5) is 4.91. The Morgan fingerprint density at radius 1 is 1.46 bits per heavy atom. The van der Waals surface area contributed by atoms with E-state index in [2.05, 4.69) is 0 Å². The molecule has 0 amide bonds. The third-order valence-corrected chi connectivity index (χ3v) is 2.19. The van der Waals surface area contributed by atoms with Crippen LogP contribution in [-0.4, -0.2) is 16.9 Å². The van der Waals surface area contributed by atoms with Gasteiger partial charge in [-0.05, 0) is 17.2 Å². The molecule has 0 bridgehead atoms. The van der Waals surface area contributed by atoms with Crippen LogP contribution in [0.2, 0.25) is 0 Å². The number of anilines is 1. The van der Waals surface area contributed by atoms with Gasteiger partial charge >= 0.3 is 0 Å². The molecular weight excluding hydrogens is 170 g/mol. The molecule has 1 aromatic rings. The fraction of sp³-hybridized carbons (Fsp3) is 0.333. The molecule has 1 aromatic carbocycles. The minimum atomic E-state index is -0.00296. The maximum absolute atomic E-state index is 9.31. The van der Waals surface area contributed by atoms with Gasteiger partial charge in [0, 0.05) is 6.42 Å². The van der Waals surface area contributed by atoms with E-state index in [0.29, 0.717) is 12.3 Å². The third kappa shape index (κ3) is 1.39. The highest BCUT2D eigenvalue weighted by molar-refractivity contribution is 5.54. The quantitative estimate of drug-likeness (QED) is 0.674. The van der Waals surface area contributed by atoms with E-state index in [9.17, 15) is 5.21 Å². The Labute approximate surface area is 75.9 Å². The van der Waals surface area contributed by atoms with Crippen molar-refractivity contribution in [3.05, 3.63) is 29.3 Å². The van der Waals surface area contributed by atoms with Crippen LogP contribution in [0.1, 0.15) is 11.1 Å². The summed E-state index contributed by atoms with van der Waals surface area (Å²) in [7, 11) is 0. The van der Waals surface area contributed by atoms with Crippen molar-refractivity contribution in [2.75, 3.05) is 11.8 Å². The zero-order chi connectivity index (χ0) is 9.26. The largest absolute Gasteiger partial charge is 0.392 e. The molecule has 0 fully saturated rings. The molecule has 13 heavy (non-hydrogen) atoms. The highest BCUT2D eigenvalue weighted by Crippen LogP contribution is 2.27. The van der Waals surface area contributed by atoms with Gasteiger partial charge in [0.15, 0.2) is 0 Å². The zero-order valence-electron chi connectivity index (χ0n) is 7.10. The van der Waals surface area contributed by atoms with Crippen molar-refractivity contribution in [1.29, 1.82) is 0 Å². The molecule has 0 unspecified atom stereocenters. The van der Waals surface area contributed by atoms with Gasteiger partial charge in [0.25, 0.3) is 0 Å². The summed E-state index contributed by atoms with van der Waals surface area (Å²) in [6, 6.07) is 5.38. The van der Waals surface area contributed by atoms with E-state index in [-0.39, 0.29) is 6.61 Å². The molecule has 2 rings (SSSR count). The molecule has 1 aliphatic heterocycles. The Kier molecular flexibility index (Phi) is 2.18. The van der Waals surface area contributed by atoms with Crippen molar-refractivity contribution in [2.45, 2.75) is 13.0 Å². The Bertz CT molecular complexity index is 314. The molecule has 1 aliphatic rings. The lowest BCUT2D eigenvalue weighted by molar-refractivity contribution is -0.0475. The predicted molar refractivity (Wildman–Crippen MR) is 46.3 cm³/mol. The van der Waals surface area contributed by atoms with E-state index < -0.39 is 0 Å². The summed E-state index contributed by atoms with van der Waals surface area (Å²) >= 11 is 0. The monoisotopic (exact) mass is 181 g/mol. The molecule has 4 nitrogen and oxygen atoms in total. The Hall–Kier alpha value is -1.10. The number of benzene rings is 1. The smallest absolute Gasteiger partial charge is 0.0981 e. The first-order chi connectivity index (χ1) is 6.33. The number of nitrogens with zero attached hydrogens (tertiary/aromatic N) is 1. The second-order valence-corrected chi connectivity index (χ2v) is 2.93. The predicted octanol–water partition coefficient (Wildman–Crippen LogP) is 0.862. The van der Waals surface area contributed by atoms with Crippen LogP contribution < -0.4 is 5.23 Å². The number of hydrogen-bond acceptors (Lipinski definition) is 4. The van der Waals surface area contributed by atoms with E-state index in [4.69, 9.17) is 9.94 Å². The van der Waals surface area contributed by atoms with E-state index in [1.54, 1.807) is 12.1 Å². The van der Waals surface area contributed by atoms with Crippen molar-refractivity contribution in [3.8, 4) is 0 Å². The van der Waals surface area contributed by atoms with E-state index in [0.717, 1.165) is 22.8 Å². The van der Waals surface area contributed by atoms with Crippen molar-refractivity contribution < 1.29 is 15.2 Å². The molecule has 70 valence electrons. The average Bonchev–Trinajstić information content (AvgIpc) is 2.18. The summed E-state index contributed by atoms with van der Waals surface area (Å²) < 4.78 is 0. The lowest BCUT2D eigenvalue weighted by Crippen LogP contribution is -2.26. The second-order valence-electron chi connectivity index (χ2n) is 2.93. The molecule has 4 heteroatoms. The highest BCUT2D eigenvalue weighted by Gasteiger charge is 2.18. The lowest BCUT2D eigenvalue weighted by atomic mass is 10.0. The number of hydrogen-bond donors (Lipinski definition) is 2. The van der Waals surface area contributed by atoms with Crippen LogP contribution in [0.15, 0.2) is 18.2 Å². The lowest BCUT2D eigenvalue weighted by Gasteiger charge is -2.25. The minimum Gasteiger partial charge on any atom is -0.392 e. The van der Waals surface area contributed by atoms with Gasteiger partial charge in [-0.3, -0.25) is 5.21 Å². The molecule has 0 spiro atoms. The third-order valence-electron chi connectivity index (χ3n) is 2.19. The van der Waals surface area contributed by atoms with Gasteiger partial charge in [0.05, 0.1) is 18.9 Å². The Morgan fingerprint density at radius 3 is 3.08 bits per heavy atom. The van der Waals surface area contributed by atoms with Crippen molar-refractivity contribution in [2.24, 2.45) is 0 Å². The Morgan fingerprint density at radius 2 is 2.31 bits per heavy atom. The van der Waals surface area contributed by atoms with Crippen molar-refractivity contribution in [3.63, 3.8) is 0 Å². The molecule has 1 heterocycles. The van der Waals surface area contributed by atoms with E-state index >= 15 is 0 Å². The van der Waals surface area contributed by atoms with Crippen molar-refractivity contribution in [1.82, 2.24) is 0 Å². The first-order valence-corrected chi connectivity index (χ1v) is 4.16. The maximum atomic E-state index is 9.31. The molecule has 0 atom stereocenters. The van der Waals surface area contributed by atoms with Gasteiger partial charge in [-0.1, -0.05) is 12.1 Å². The fourth-order valence-electron chi connectivity index (χ4n) is 1.54. The van der Waals surface area contributed by atoms with Crippen LogP contribution in [0, 0.1) is 0 Å². The van der Waals surface area contributed by atoms with Gasteiger partial charge in [0.2, 0.25) is 0 Å². The number of aliphatic hydroxyl groups excluding tert-OH is 1.